The minimum atomic E-state index is -1.06. The Kier molecular flexibility index (Phi) is 6.89. The number of anilines is 2. The van der Waals surface area contributed by atoms with E-state index in [1.165, 1.54) is 0 Å². The van der Waals surface area contributed by atoms with Gasteiger partial charge in [0.25, 0.3) is 5.91 Å². The Morgan fingerprint density at radius 1 is 1.06 bits per heavy atom. The third-order valence-electron chi connectivity index (χ3n) is 5.24. The highest BCUT2D eigenvalue weighted by Gasteiger charge is 2.30. The standard InChI is InChI=1S/C24H23N5O3S/c30-22(15-7-9-17(10-8-15)28-24-26-12-13-27-24)29-19-6-2-1-5-18(19)20(21(33)23(31)32)16-4-3-11-25-14-16/h1-11,14,20-21,33H,12-13H2,(H,29,30)(H,31,32)(H2,26,27,28)/t20?,21-/m0/s1. The number of rotatable bonds is 7. The molecule has 0 saturated heterocycles. The minimum absolute atomic E-state index is 0.304. The number of aliphatic carboxylic acids is 1. The van der Waals surface area contributed by atoms with Crippen molar-refractivity contribution in [3.05, 3.63) is 89.7 Å². The minimum Gasteiger partial charge on any atom is -0.480 e. The predicted octanol–water partition coefficient (Wildman–Crippen LogP) is 3.22. The van der Waals surface area contributed by atoms with E-state index in [1.807, 2.05) is 0 Å². The lowest BCUT2D eigenvalue weighted by Gasteiger charge is -2.24. The molecule has 168 valence electrons. The first-order valence-electron chi connectivity index (χ1n) is 10.4. The average Bonchev–Trinajstić information content (AvgIpc) is 3.34. The summed E-state index contributed by atoms with van der Waals surface area (Å²) in [6.45, 7) is 1.54. The first-order valence-corrected chi connectivity index (χ1v) is 10.9. The fraction of sp³-hybridized carbons (Fsp3) is 0.167. The van der Waals surface area contributed by atoms with Gasteiger partial charge in [-0.3, -0.25) is 19.6 Å². The van der Waals surface area contributed by atoms with Crippen LogP contribution >= 0.6 is 12.6 Å². The lowest BCUT2D eigenvalue weighted by atomic mass is 9.87. The molecule has 0 aliphatic carbocycles. The van der Waals surface area contributed by atoms with Crippen LogP contribution in [0.15, 0.2) is 78.0 Å². The monoisotopic (exact) mass is 461 g/mol. The van der Waals surface area contributed by atoms with Crippen LogP contribution in [0.4, 0.5) is 11.4 Å². The number of para-hydroxylation sites is 1. The predicted molar refractivity (Wildman–Crippen MR) is 131 cm³/mol. The van der Waals surface area contributed by atoms with E-state index < -0.39 is 17.1 Å². The zero-order valence-electron chi connectivity index (χ0n) is 17.6. The SMILES string of the molecule is O=C(Nc1ccccc1C(c1cccnc1)[C@H](S)C(=O)O)c1ccc(NC2=NCCN2)cc1. The molecule has 1 aliphatic heterocycles. The van der Waals surface area contributed by atoms with E-state index in [0.717, 1.165) is 18.8 Å². The number of amides is 1. The smallest absolute Gasteiger partial charge is 0.317 e. The molecule has 0 fully saturated rings. The van der Waals surface area contributed by atoms with E-state index in [2.05, 4.69) is 38.6 Å². The summed E-state index contributed by atoms with van der Waals surface area (Å²) in [5.41, 5.74) is 3.14. The van der Waals surface area contributed by atoms with E-state index >= 15 is 0 Å². The average molecular weight is 462 g/mol. The molecule has 1 aromatic heterocycles. The van der Waals surface area contributed by atoms with Gasteiger partial charge in [0, 0.05) is 41.8 Å². The van der Waals surface area contributed by atoms with Crippen LogP contribution in [0.25, 0.3) is 0 Å². The highest BCUT2D eigenvalue weighted by molar-refractivity contribution is 7.81. The molecule has 0 saturated carbocycles. The number of hydrogen-bond donors (Lipinski definition) is 5. The van der Waals surface area contributed by atoms with Crippen molar-refractivity contribution in [3.63, 3.8) is 0 Å². The zero-order valence-corrected chi connectivity index (χ0v) is 18.5. The zero-order chi connectivity index (χ0) is 23.2. The number of thiol groups is 1. The molecule has 1 amide bonds. The Morgan fingerprint density at radius 2 is 1.85 bits per heavy atom. The van der Waals surface area contributed by atoms with Crippen molar-refractivity contribution in [2.24, 2.45) is 4.99 Å². The Bertz CT molecular complexity index is 1170. The number of nitrogens with one attached hydrogen (secondary N) is 3. The van der Waals surface area contributed by atoms with Crippen LogP contribution in [0.1, 0.15) is 27.4 Å². The fourth-order valence-electron chi connectivity index (χ4n) is 3.63. The maximum absolute atomic E-state index is 13.0. The van der Waals surface area contributed by atoms with Crippen molar-refractivity contribution in [1.29, 1.82) is 0 Å². The molecule has 8 nitrogen and oxygen atoms in total. The second-order valence-corrected chi connectivity index (χ2v) is 8.00. The van der Waals surface area contributed by atoms with Gasteiger partial charge in [0.15, 0.2) is 5.96 Å². The molecule has 2 aromatic carbocycles. The molecule has 3 aromatic rings. The number of carbonyl (C=O) groups excluding carboxylic acids is 1. The second-order valence-electron chi connectivity index (χ2n) is 7.45. The quantitative estimate of drug-likeness (QED) is 0.345. The number of pyridine rings is 1. The Labute approximate surface area is 196 Å². The van der Waals surface area contributed by atoms with E-state index in [9.17, 15) is 14.7 Å². The van der Waals surface area contributed by atoms with E-state index in [4.69, 9.17) is 0 Å². The van der Waals surface area contributed by atoms with Crippen molar-refractivity contribution in [2.45, 2.75) is 11.2 Å². The number of aromatic nitrogens is 1. The summed E-state index contributed by atoms with van der Waals surface area (Å²) in [6.07, 6.45) is 3.24. The fourth-order valence-corrected chi connectivity index (χ4v) is 3.97. The first kappa shape index (κ1) is 22.3. The molecule has 9 heteroatoms. The molecule has 4 N–H and O–H groups in total. The Balaban J connectivity index is 1.57. The van der Waals surface area contributed by atoms with Gasteiger partial charge in [-0.15, -0.1) is 0 Å². The topological polar surface area (TPSA) is 116 Å². The Morgan fingerprint density at radius 3 is 2.52 bits per heavy atom. The van der Waals surface area contributed by atoms with Crippen molar-refractivity contribution in [2.75, 3.05) is 23.7 Å². The molecule has 4 rings (SSSR count). The second kappa shape index (κ2) is 10.2. The van der Waals surface area contributed by atoms with Gasteiger partial charge >= 0.3 is 5.97 Å². The maximum atomic E-state index is 13.0. The molecular weight excluding hydrogens is 438 g/mol. The van der Waals surface area contributed by atoms with Crippen LogP contribution in [0.5, 0.6) is 0 Å². The molecule has 33 heavy (non-hydrogen) atoms. The van der Waals surface area contributed by atoms with Crippen molar-refractivity contribution in [3.8, 4) is 0 Å². The number of carboxylic acid groups (broad SMARTS) is 1. The first-order chi connectivity index (χ1) is 16.0. The summed E-state index contributed by atoms with van der Waals surface area (Å²) < 4.78 is 0. The van der Waals surface area contributed by atoms with Crippen LogP contribution in [-0.4, -0.2) is 46.3 Å². The number of nitrogens with zero attached hydrogens (tertiary/aromatic N) is 2. The lowest BCUT2D eigenvalue weighted by Crippen LogP contribution is -2.26. The van der Waals surface area contributed by atoms with Gasteiger partial charge in [0.2, 0.25) is 0 Å². The van der Waals surface area contributed by atoms with Crippen LogP contribution < -0.4 is 16.0 Å². The molecule has 0 radical (unpaired) electrons. The number of aliphatic imine (C=N–C) groups is 1. The van der Waals surface area contributed by atoms with E-state index in [1.54, 1.807) is 73.1 Å². The van der Waals surface area contributed by atoms with Gasteiger partial charge in [-0.05, 0) is 47.5 Å². The summed E-state index contributed by atoms with van der Waals surface area (Å²) in [5, 5.41) is 17.8. The molecule has 2 atom stereocenters. The summed E-state index contributed by atoms with van der Waals surface area (Å²) in [5.74, 6) is -1.26. The normalized spacial score (nSPS) is 14.5. The number of guanidine groups is 1. The highest BCUT2D eigenvalue weighted by atomic mass is 32.1. The van der Waals surface area contributed by atoms with Crippen molar-refractivity contribution < 1.29 is 14.7 Å². The number of benzene rings is 2. The number of carbonyl (C=O) groups is 2. The largest absolute Gasteiger partial charge is 0.480 e. The highest BCUT2D eigenvalue weighted by Crippen LogP contribution is 2.35. The van der Waals surface area contributed by atoms with Gasteiger partial charge in [0.1, 0.15) is 5.25 Å². The maximum Gasteiger partial charge on any atom is 0.317 e. The van der Waals surface area contributed by atoms with Crippen LogP contribution in [0.2, 0.25) is 0 Å². The third-order valence-corrected chi connectivity index (χ3v) is 5.76. The Hall–Kier alpha value is -3.85. The molecular formula is C24H23N5O3S. The van der Waals surface area contributed by atoms with Crippen LogP contribution in [-0.2, 0) is 4.79 Å². The lowest BCUT2D eigenvalue weighted by molar-refractivity contribution is -0.136. The van der Waals surface area contributed by atoms with Crippen LogP contribution in [0.3, 0.4) is 0 Å². The molecule has 0 spiro atoms. The number of carboxylic acids is 1. The van der Waals surface area contributed by atoms with Gasteiger partial charge in [0.05, 0.1) is 6.54 Å². The summed E-state index contributed by atoms with van der Waals surface area (Å²) in [7, 11) is 0. The molecule has 0 bridgehead atoms. The molecule has 1 unspecified atom stereocenters. The molecule has 1 aliphatic rings. The number of hydrogen-bond acceptors (Lipinski definition) is 7. The van der Waals surface area contributed by atoms with Gasteiger partial charge in [-0.2, -0.15) is 12.6 Å². The van der Waals surface area contributed by atoms with Crippen molar-refractivity contribution >= 4 is 41.8 Å². The van der Waals surface area contributed by atoms with Crippen molar-refractivity contribution in [1.82, 2.24) is 10.3 Å². The molecule has 2 heterocycles. The summed E-state index contributed by atoms with van der Waals surface area (Å²) in [6, 6.07) is 17.7. The third kappa shape index (κ3) is 5.32. The van der Waals surface area contributed by atoms with Gasteiger partial charge in [-0.25, -0.2) is 0 Å². The van der Waals surface area contributed by atoms with Crippen LogP contribution in [0, 0.1) is 0 Å². The van der Waals surface area contributed by atoms with E-state index in [-0.39, 0.29) is 5.91 Å². The van der Waals surface area contributed by atoms with Gasteiger partial charge in [-0.1, -0.05) is 24.3 Å². The summed E-state index contributed by atoms with van der Waals surface area (Å²) in [4.78, 5) is 33.2. The van der Waals surface area contributed by atoms with Gasteiger partial charge < -0.3 is 21.1 Å². The summed E-state index contributed by atoms with van der Waals surface area (Å²) >= 11 is 4.35. The van der Waals surface area contributed by atoms with E-state index in [0.29, 0.717) is 28.3 Å².